The van der Waals surface area contributed by atoms with Crippen molar-refractivity contribution in [1.82, 2.24) is 0 Å². The third-order valence-electron chi connectivity index (χ3n) is 4.52. The molecule has 0 bridgehead atoms. The van der Waals surface area contributed by atoms with Crippen LogP contribution in [0.25, 0.3) is 0 Å². The summed E-state index contributed by atoms with van der Waals surface area (Å²) in [5.74, 6) is 0.544. The third kappa shape index (κ3) is 2.39. The summed E-state index contributed by atoms with van der Waals surface area (Å²) in [5, 5.41) is 5.94. The van der Waals surface area contributed by atoms with Crippen LogP contribution >= 0.6 is 23.1 Å². The van der Waals surface area contributed by atoms with Gasteiger partial charge in [-0.1, -0.05) is 6.07 Å². The van der Waals surface area contributed by atoms with Crippen LogP contribution in [0.3, 0.4) is 0 Å². The van der Waals surface area contributed by atoms with E-state index in [0.29, 0.717) is 12.0 Å². The van der Waals surface area contributed by atoms with Gasteiger partial charge in [0.15, 0.2) is 0 Å². The fourth-order valence-electron chi connectivity index (χ4n) is 3.53. The van der Waals surface area contributed by atoms with Crippen LogP contribution in [0, 0.1) is 5.92 Å². The molecule has 0 amide bonds. The summed E-state index contributed by atoms with van der Waals surface area (Å²) in [6.45, 7) is 0.890. The number of hydrogen-bond donors (Lipinski definition) is 1. The average Bonchev–Trinajstić information content (AvgIpc) is 3.08. The lowest BCUT2D eigenvalue weighted by Crippen LogP contribution is -2.35. The van der Waals surface area contributed by atoms with Gasteiger partial charge in [0, 0.05) is 33.5 Å². The van der Waals surface area contributed by atoms with Gasteiger partial charge in [0.1, 0.15) is 0 Å². The molecular formula is C17H19NOS2. The first-order valence-corrected chi connectivity index (χ1v) is 9.57. The van der Waals surface area contributed by atoms with Gasteiger partial charge in [-0.25, -0.2) is 0 Å². The first-order chi connectivity index (χ1) is 10.4. The summed E-state index contributed by atoms with van der Waals surface area (Å²) in [6, 6.07) is 11.5. The van der Waals surface area contributed by atoms with Gasteiger partial charge >= 0.3 is 0 Å². The Balaban J connectivity index is 1.77. The third-order valence-corrected chi connectivity index (χ3v) is 6.20. The lowest BCUT2D eigenvalue weighted by Gasteiger charge is -2.43. The number of nitrogens with one attached hydrogen (secondary N) is 1. The smallest absolute Gasteiger partial charge is 0.0896 e. The minimum Gasteiger partial charge on any atom is -0.377 e. The molecule has 110 valence electrons. The Morgan fingerprint density at radius 1 is 1.33 bits per heavy atom. The number of benzene rings is 1. The summed E-state index contributed by atoms with van der Waals surface area (Å²) in [4.78, 5) is 2.74. The van der Waals surface area contributed by atoms with Crippen molar-refractivity contribution in [2.45, 2.75) is 29.9 Å². The molecule has 0 spiro atoms. The first-order valence-electron chi connectivity index (χ1n) is 7.46. The minimum atomic E-state index is 0.245. The molecule has 2 aliphatic rings. The normalized spacial score (nSPS) is 27.6. The number of fused-ring (bicyclic) bond motifs is 3. The summed E-state index contributed by atoms with van der Waals surface area (Å²) >= 11 is 3.64. The fourth-order valence-corrected chi connectivity index (χ4v) is 4.83. The fraction of sp³-hybridized carbons (Fsp3) is 0.412. The molecule has 3 atom stereocenters. The molecule has 2 nitrogen and oxygen atoms in total. The van der Waals surface area contributed by atoms with Gasteiger partial charge in [0.25, 0.3) is 0 Å². The highest BCUT2D eigenvalue weighted by molar-refractivity contribution is 7.98. The predicted octanol–water partition coefficient (Wildman–Crippen LogP) is 5.10. The van der Waals surface area contributed by atoms with Crippen LogP contribution in [0.4, 0.5) is 5.69 Å². The molecule has 21 heavy (non-hydrogen) atoms. The zero-order valence-electron chi connectivity index (χ0n) is 12.0. The van der Waals surface area contributed by atoms with Crippen LogP contribution in [0.2, 0.25) is 0 Å². The SMILES string of the molecule is CSc1ccc2c(c1)[C@H]1OCCC[C@H]1[C@H](c1cccs1)N2. The van der Waals surface area contributed by atoms with Gasteiger partial charge in [0.2, 0.25) is 0 Å². The molecule has 4 rings (SSSR count). The zero-order valence-corrected chi connectivity index (χ0v) is 13.7. The maximum absolute atomic E-state index is 6.19. The van der Waals surface area contributed by atoms with Gasteiger partial charge in [-0.2, -0.15) is 0 Å². The molecule has 2 aromatic rings. The van der Waals surface area contributed by atoms with Gasteiger partial charge in [-0.05, 0) is 48.7 Å². The van der Waals surface area contributed by atoms with Crippen molar-refractivity contribution < 1.29 is 4.74 Å². The molecule has 0 saturated carbocycles. The van der Waals surface area contributed by atoms with Crippen LogP contribution in [0.5, 0.6) is 0 Å². The van der Waals surface area contributed by atoms with E-state index in [1.54, 1.807) is 11.8 Å². The summed E-state index contributed by atoms with van der Waals surface area (Å²) in [6.07, 6.45) is 4.78. The van der Waals surface area contributed by atoms with E-state index in [-0.39, 0.29) is 6.10 Å². The molecule has 0 radical (unpaired) electrons. The molecule has 0 aliphatic carbocycles. The van der Waals surface area contributed by atoms with Crippen molar-refractivity contribution in [3.8, 4) is 0 Å². The molecule has 4 heteroatoms. The second-order valence-electron chi connectivity index (χ2n) is 5.69. The Morgan fingerprint density at radius 2 is 2.29 bits per heavy atom. The molecule has 1 N–H and O–H groups in total. The average molecular weight is 317 g/mol. The van der Waals surface area contributed by atoms with Crippen LogP contribution in [0.1, 0.15) is 35.4 Å². The minimum absolute atomic E-state index is 0.245. The molecule has 1 aromatic heterocycles. The lowest BCUT2D eigenvalue weighted by molar-refractivity contribution is -0.0379. The predicted molar refractivity (Wildman–Crippen MR) is 90.3 cm³/mol. The molecule has 0 unspecified atom stereocenters. The Bertz CT molecular complexity index is 626. The summed E-state index contributed by atoms with van der Waals surface area (Å²) in [7, 11) is 0. The molecule has 1 fully saturated rings. The van der Waals surface area contributed by atoms with E-state index in [2.05, 4.69) is 47.3 Å². The van der Waals surface area contributed by atoms with E-state index in [1.807, 2.05) is 11.3 Å². The van der Waals surface area contributed by atoms with Gasteiger partial charge in [-0.15, -0.1) is 23.1 Å². The highest BCUT2D eigenvalue weighted by atomic mass is 32.2. The van der Waals surface area contributed by atoms with Gasteiger partial charge in [-0.3, -0.25) is 0 Å². The van der Waals surface area contributed by atoms with E-state index >= 15 is 0 Å². The van der Waals surface area contributed by atoms with Gasteiger partial charge in [0.05, 0.1) is 12.1 Å². The summed E-state index contributed by atoms with van der Waals surface area (Å²) < 4.78 is 6.19. The number of thioether (sulfide) groups is 1. The highest BCUT2D eigenvalue weighted by Crippen LogP contribution is 2.50. The molecule has 1 saturated heterocycles. The Labute approximate surface area is 133 Å². The zero-order chi connectivity index (χ0) is 14.2. The Hall–Kier alpha value is -0.970. The van der Waals surface area contributed by atoms with Crippen LogP contribution in [0.15, 0.2) is 40.6 Å². The van der Waals surface area contributed by atoms with Crippen molar-refractivity contribution in [1.29, 1.82) is 0 Å². The number of rotatable bonds is 2. The maximum Gasteiger partial charge on any atom is 0.0896 e. The maximum atomic E-state index is 6.19. The topological polar surface area (TPSA) is 21.3 Å². The first kappa shape index (κ1) is 13.7. The van der Waals surface area contributed by atoms with Gasteiger partial charge < -0.3 is 10.1 Å². The van der Waals surface area contributed by atoms with Crippen molar-refractivity contribution in [2.24, 2.45) is 5.92 Å². The number of thiophene rings is 1. The number of anilines is 1. The second kappa shape index (κ2) is 5.67. The molecule has 3 heterocycles. The second-order valence-corrected chi connectivity index (χ2v) is 7.55. The standard InChI is InChI=1S/C17H19NOS2/c1-20-11-6-7-14-13(10-11)17-12(4-2-8-19-17)16(18-14)15-5-3-9-21-15/h3,5-7,9-10,12,16-18H,2,4,8H2,1H3/t12-,16+,17-/m0/s1. The molecular weight excluding hydrogens is 298 g/mol. The summed E-state index contributed by atoms with van der Waals surface area (Å²) in [5.41, 5.74) is 2.59. The molecule has 1 aromatic carbocycles. The Kier molecular flexibility index (Phi) is 3.69. The van der Waals surface area contributed by atoms with E-state index in [0.717, 1.165) is 6.61 Å². The van der Waals surface area contributed by atoms with Crippen LogP contribution < -0.4 is 5.32 Å². The monoisotopic (exact) mass is 317 g/mol. The van der Waals surface area contributed by atoms with Crippen LogP contribution in [-0.4, -0.2) is 12.9 Å². The van der Waals surface area contributed by atoms with Crippen molar-refractivity contribution in [3.05, 3.63) is 46.2 Å². The number of ether oxygens (including phenoxy) is 1. The van der Waals surface area contributed by atoms with E-state index in [9.17, 15) is 0 Å². The van der Waals surface area contributed by atoms with Crippen molar-refractivity contribution >= 4 is 28.8 Å². The van der Waals surface area contributed by atoms with E-state index < -0.39 is 0 Å². The lowest BCUT2D eigenvalue weighted by atomic mass is 9.79. The van der Waals surface area contributed by atoms with Crippen molar-refractivity contribution in [3.63, 3.8) is 0 Å². The largest absolute Gasteiger partial charge is 0.377 e. The van der Waals surface area contributed by atoms with E-state index in [4.69, 9.17) is 4.74 Å². The van der Waals surface area contributed by atoms with Crippen molar-refractivity contribution in [2.75, 3.05) is 18.2 Å². The van der Waals surface area contributed by atoms with E-state index in [1.165, 1.54) is 33.9 Å². The van der Waals surface area contributed by atoms with Crippen LogP contribution in [-0.2, 0) is 4.74 Å². The highest BCUT2D eigenvalue weighted by Gasteiger charge is 2.40. The Morgan fingerprint density at radius 3 is 3.10 bits per heavy atom. The molecule has 2 aliphatic heterocycles. The number of hydrogen-bond acceptors (Lipinski definition) is 4. The quantitative estimate of drug-likeness (QED) is 0.778.